The van der Waals surface area contributed by atoms with Crippen molar-refractivity contribution in [2.45, 2.75) is 44.8 Å². The number of hydrogen-bond acceptors (Lipinski definition) is 4. The van der Waals surface area contributed by atoms with Crippen LogP contribution in [-0.4, -0.2) is 61.1 Å². The molecule has 0 aromatic heterocycles. The standard InChI is InChI=1S/C19H28N2O3/c1-15(20-11-5-6-12-20)9-10-19(22)21-13-16(14-21)24-18-8-4-3-7-17(18)23-2/h3-4,7-8,15-16H,5-6,9-14H2,1-2H3/t15-/m1/s1. The highest BCUT2D eigenvalue weighted by Gasteiger charge is 2.32. The van der Waals surface area contributed by atoms with Crippen molar-refractivity contribution in [1.29, 1.82) is 0 Å². The van der Waals surface area contributed by atoms with E-state index >= 15 is 0 Å². The Morgan fingerprint density at radius 3 is 2.54 bits per heavy atom. The van der Waals surface area contributed by atoms with Crippen LogP contribution in [0.2, 0.25) is 0 Å². The van der Waals surface area contributed by atoms with Crippen LogP contribution in [0, 0.1) is 0 Å². The summed E-state index contributed by atoms with van der Waals surface area (Å²) < 4.78 is 11.2. The van der Waals surface area contributed by atoms with Crippen molar-refractivity contribution in [1.82, 2.24) is 9.80 Å². The summed E-state index contributed by atoms with van der Waals surface area (Å²) in [7, 11) is 1.64. The van der Waals surface area contributed by atoms with E-state index in [-0.39, 0.29) is 12.0 Å². The zero-order valence-corrected chi connectivity index (χ0v) is 14.7. The number of methoxy groups -OCH3 is 1. The highest BCUT2D eigenvalue weighted by Crippen LogP contribution is 2.29. The predicted octanol–water partition coefficient (Wildman–Crippen LogP) is 2.55. The number of ether oxygens (including phenoxy) is 2. The molecule has 1 atom stereocenters. The second-order valence-corrected chi connectivity index (χ2v) is 6.82. The van der Waals surface area contributed by atoms with Gasteiger partial charge in [-0.05, 0) is 51.4 Å². The third-order valence-electron chi connectivity index (χ3n) is 5.10. The molecule has 0 unspecified atom stereocenters. The number of amides is 1. The van der Waals surface area contributed by atoms with Gasteiger partial charge in [-0.1, -0.05) is 12.1 Å². The molecular weight excluding hydrogens is 304 g/mol. The molecule has 2 aliphatic heterocycles. The van der Waals surface area contributed by atoms with E-state index in [1.54, 1.807) is 7.11 Å². The molecule has 0 spiro atoms. The summed E-state index contributed by atoms with van der Waals surface area (Å²) in [4.78, 5) is 16.7. The van der Waals surface area contributed by atoms with Crippen LogP contribution in [0.1, 0.15) is 32.6 Å². The van der Waals surface area contributed by atoms with Gasteiger partial charge in [-0.25, -0.2) is 0 Å². The molecule has 3 rings (SSSR count). The van der Waals surface area contributed by atoms with Crippen molar-refractivity contribution in [3.05, 3.63) is 24.3 Å². The molecule has 2 heterocycles. The number of likely N-dealkylation sites (tertiary alicyclic amines) is 2. The molecule has 2 aliphatic rings. The normalized spacial score (nSPS) is 19.8. The molecular formula is C19H28N2O3. The van der Waals surface area contributed by atoms with E-state index in [2.05, 4.69) is 11.8 Å². The lowest BCUT2D eigenvalue weighted by atomic mass is 10.1. The number of rotatable bonds is 7. The molecule has 1 aromatic rings. The lowest BCUT2D eigenvalue weighted by Crippen LogP contribution is -2.56. The Bertz CT molecular complexity index is 551. The van der Waals surface area contributed by atoms with Gasteiger partial charge >= 0.3 is 0 Å². The summed E-state index contributed by atoms with van der Waals surface area (Å²) in [5, 5.41) is 0. The molecule has 5 heteroatoms. The topological polar surface area (TPSA) is 42.0 Å². The van der Waals surface area contributed by atoms with Crippen LogP contribution in [0.25, 0.3) is 0 Å². The van der Waals surface area contributed by atoms with Crippen molar-refractivity contribution < 1.29 is 14.3 Å². The largest absolute Gasteiger partial charge is 0.493 e. The lowest BCUT2D eigenvalue weighted by molar-refractivity contribution is -0.140. The van der Waals surface area contributed by atoms with E-state index in [1.807, 2.05) is 29.2 Å². The van der Waals surface area contributed by atoms with Gasteiger partial charge in [0.05, 0.1) is 20.2 Å². The molecule has 0 aliphatic carbocycles. The van der Waals surface area contributed by atoms with Gasteiger partial charge in [-0.3, -0.25) is 4.79 Å². The van der Waals surface area contributed by atoms with Crippen LogP contribution in [0.4, 0.5) is 0 Å². The average Bonchev–Trinajstić information content (AvgIpc) is 3.10. The predicted molar refractivity (Wildman–Crippen MR) is 93.5 cm³/mol. The first-order valence-corrected chi connectivity index (χ1v) is 8.99. The second kappa shape index (κ2) is 7.88. The Morgan fingerprint density at radius 2 is 1.88 bits per heavy atom. The van der Waals surface area contributed by atoms with Crippen molar-refractivity contribution in [3.8, 4) is 11.5 Å². The van der Waals surface area contributed by atoms with E-state index < -0.39 is 0 Å². The Hall–Kier alpha value is -1.75. The fourth-order valence-electron chi connectivity index (χ4n) is 3.47. The number of para-hydroxylation sites is 2. The summed E-state index contributed by atoms with van der Waals surface area (Å²) in [6.45, 7) is 5.97. The maximum absolute atomic E-state index is 12.3. The molecule has 1 amide bonds. The minimum absolute atomic E-state index is 0.0706. The van der Waals surface area contributed by atoms with Crippen molar-refractivity contribution in [2.75, 3.05) is 33.3 Å². The monoisotopic (exact) mass is 332 g/mol. The SMILES string of the molecule is COc1ccccc1OC1CN(C(=O)CC[C@@H](C)N2CCCC2)C1. The molecule has 0 N–H and O–H groups in total. The number of carbonyl (C=O) groups is 1. The van der Waals surface area contributed by atoms with Gasteiger partial charge in [0, 0.05) is 12.5 Å². The molecule has 0 saturated carbocycles. The number of nitrogens with zero attached hydrogens (tertiary/aromatic N) is 2. The summed E-state index contributed by atoms with van der Waals surface area (Å²) in [5.74, 6) is 1.74. The summed E-state index contributed by atoms with van der Waals surface area (Å²) in [6.07, 6.45) is 4.26. The van der Waals surface area contributed by atoms with Gasteiger partial charge < -0.3 is 19.3 Å². The van der Waals surface area contributed by atoms with E-state index in [1.165, 1.54) is 25.9 Å². The van der Waals surface area contributed by atoms with Gasteiger partial charge in [0.25, 0.3) is 0 Å². The van der Waals surface area contributed by atoms with Crippen molar-refractivity contribution in [3.63, 3.8) is 0 Å². The Kier molecular flexibility index (Phi) is 5.61. The van der Waals surface area contributed by atoms with Gasteiger partial charge in [0.2, 0.25) is 5.91 Å². The number of hydrogen-bond donors (Lipinski definition) is 0. The molecule has 2 fully saturated rings. The quantitative estimate of drug-likeness (QED) is 0.769. The Labute approximate surface area is 144 Å². The fourth-order valence-corrected chi connectivity index (χ4v) is 3.47. The molecule has 0 radical (unpaired) electrons. The summed E-state index contributed by atoms with van der Waals surface area (Å²) in [6, 6.07) is 8.15. The maximum Gasteiger partial charge on any atom is 0.222 e. The molecule has 5 nitrogen and oxygen atoms in total. The minimum atomic E-state index is 0.0706. The number of benzene rings is 1. The minimum Gasteiger partial charge on any atom is -0.493 e. The summed E-state index contributed by atoms with van der Waals surface area (Å²) >= 11 is 0. The molecule has 2 saturated heterocycles. The smallest absolute Gasteiger partial charge is 0.222 e. The first-order chi connectivity index (χ1) is 11.7. The summed E-state index contributed by atoms with van der Waals surface area (Å²) in [5.41, 5.74) is 0. The van der Waals surface area contributed by atoms with Crippen molar-refractivity contribution >= 4 is 5.91 Å². The molecule has 132 valence electrons. The first-order valence-electron chi connectivity index (χ1n) is 8.99. The third-order valence-corrected chi connectivity index (χ3v) is 5.10. The van der Waals surface area contributed by atoms with Gasteiger partial charge in [-0.2, -0.15) is 0 Å². The van der Waals surface area contributed by atoms with Gasteiger partial charge in [0.1, 0.15) is 6.10 Å². The third kappa shape index (κ3) is 4.01. The fraction of sp³-hybridized carbons (Fsp3) is 0.632. The van der Waals surface area contributed by atoms with Crippen molar-refractivity contribution in [2.24, 2.45) is 0 Å². The average molecular weight is 332 g/mol. The Morgan fingerprint density at radius 1 is 1.21 bits per heavy atom. The van der Waals surface area contributed by atoms with Crippen LogP contribution >= 0.6 is 0 Å². The van der Waals surface area contributed by atoms with E-state index in [9.17, 15) is 4.79 Å². The first kappa shape index (κ1) is 17.1. The molecule has 0 bridgehead atoms. The van der Waals surface area contributed by atoms with E-state index in [0.29, 0.717) is 25.6 Å². The van der Waals surface area contributed by atoms with Gasteiger partial charge in [0.15, 0.2) is 11.5 Å². The highest BCUT2D eigenvalue weighted by atomic mass is 16.5. The number of carbonyl (C=O) groups excluding carboxylic acids is 1. The zero-order valence-electron chi connectivity index (χ0n) is 14.7. The van der Waals surface area contributed by atoms with Crippen LogP contribution in [-0.2, 0) is 4.79 Å². The van der Waals surface area contributed by atoms with Gasteiger partial charge in [-0.15, -0.1) is 0 Å². The van der Waals surface area contributed by atoms with Crippen LogP contribution in [0.15, 0.2) is 24.3 Å². The van der Waals surface area contributed by atoms with Crippen LogP contribution in [0.5, 0.6) is 11.5 Å². The maximum atomic E-state index is 12.3. The highest BCUT2D eigenvalue weighted by molar-refractivity contribution is 5.77. The molecule has 1 aromatic carbocycles. The lowest BCUT2D eigenvalue weighted by Gasteiger charge is -2.39. The van der Waals surface area contributed by atoms with E-state index in [0.717, 1.165) is 17.9 Å². The zero-order chi connectivity index (χ0) is 16.9. The molecule has 24 heavy (non-hydrogen) atoms. The second-order valence-electron chi connectivity index (χ2n) is 6.82. The van der Waals surface area contributed by atoms with Crippen LogP contribution < -0.4 is 9.47 Å². The van der Waals surface area contributed by atoms with E-state index in [4.69, 9.17) is 9.47 Å². The Balaban J connectivity index is 1.38. The van der Waals surface area contributed by atoms with Crippen LogP contribution in [0.3, 0.4) is 0 Å².